The Morgan fingerprint density at radius 1 is 1.35 bits per heavy atom. The Balaban J connectivity index is 1.85. The zero-order chi connectivity index (χ0) is 14.4. The quantitative estimate of drug-likeness (QED) is 0.777. The van der Waals surface area contributed by atoms with Crippen LogP contribution in [-0.2, 0) is 11.8 Å². The van der Waals surface area contributed by atoms with Crippen molar-refractivity contribution in [1.82, 2.24) is 4.90 Å². The van der Waals surface area contributed by atoms with Crippen molar-refractivity contribution in [2.75, 3.05) is 20.7 Å². The Kier molecular flexibility index (Phi) is 2.61. The standard InChI is InChI=1S/C18H25NO/c1-19-10-9-18-8-4-3-5-15(18)17(19)11-13-6-7-14(20-2)12-16(13)18/h6-7,12,15,17H,3-5,8-11H2,1-2H3/t15?,17-,18-/m0/s1/i1D. The summed E-state index contributed by atoms with van der Waals surface area (Å²) in [6, 6.07) is 7.30. The predicted molar refractivity (Wildman–Crippen MR) is 81.4 cm³/mol. The lowest BCUT2D eigenvalue weighted by molar-refractivity contribution is 0.00274. The van der Waals surface area contributed by atoms with E-state index in [0.717, 1.165) is 24.6 Å². The van der Waals surface area contributed by atoms with E-state index in [0.29, 0.717) is 18.5 Å². The van der Waals surface area contributed by atoms with Gasteiger partial charge in [0.15, 0.2) is 0 Å². The Bertz CT molecular complexity index is 546. The van der Waals surface area contributed by atoms with Crippen LogP contribution in [0.1, 0.15) is 44.6 Å². The number of rotatable bonds is 1. The predicted octanol–water partition coefficient (Wildman–Crippen LogP) is 3.38. The molecule has 1 aliphatic heterocycles. The molecule has 2 fully saturated rings. The topological polar surface area (TPSA) is 12.5 Å². The first kappa shape index (κ1) is 11.6. The van der Waals surface area contributed by atoms with Gasteiger partial charge in [0.05, 0.1) is 7.11 Å². The maximum absolute atomic E-state index is 7.88. The Hall–Kier alpha value is -1.02. The van der Waals surface area contributed by atoms with Crippen LogP contribution in [0.5, 0.6) is 5.75 Å². The number of nitrogens with zero attached hydrogens (tertiary/aromatic N) is 1. The van der Waals surface area contributed by atoms with Gasteiger partial charge in [-0.2, -0.15) is 0 Å². The number of benzene rings is 1. The van der Waals surface area contributed by atoms with E-state index in [1.165, 1.54) is 37.7 Å². The second-order valence-electron chi connectivity index (χ2n) is 6.87. The Morgan fingerprint density at radius 3 is 3.15 bits per heavy atom. The smallest absolute Gasteiger partial charge is 0.119 e. The van der Waals surface area contributed by atoms with Crippen molar-refractivity contribution >= 4 is 0 Å². The van der Waals surface area contributed by atoms with Gasteiger partial charge >= 0.3 is 0 Å². The normalized spacial score (nSPS) is 36.8. The molecule has 0 radical (unpaired) electrons. The number of likely N-dealkylation sites (N-methyl/N-ethyl adjacent to an activating group) is 1. The third kappa shape index (κ3) is 1.60. The number of methoxy groups -OCH3 is 1. The fourth-order valence-corrected chi connectivity index (χ4v) is 5.19. The van der Waals surface area contributed by atoms with Gasteiger partial charge in [-0.3, -0.25) is 0 Å². The summed E-state index contributed by atoms with van der Waals surface area (Å²) in [4.78, 5) is 2.42. The average Bonchev–Trinajstić information content (AvgIpc) is 2.54. The van der Waals surface area contributed by atoms with Crippen LogP contribution in [0.3, 0.4) is 0 Å². The molecule has 2 heteroatoms. The van der Waals surface area contributed by atoms with E-state index in [1.807, 2.05) is 0 Å². The number of ether oxygens (including phenoxy) is 1. The lowest BCUT2D eigenvalue weighted by atomic mass is 9.52. The molecule has 2 aliphatic carbocycles. The lowest BCUT2D eigenvalue weighted by Gasteiger charge is -2.58. The molecule has 1 saturated heterocycles. The summed E-state index contributed by atoms with van der Waals surface area (Å²) < 4.78 is 13.4. The third-order valence-electron chi connectivity index (χ3n) is 6.16. The second kappa shape index (κ2) is 4.49. The molecule has 0 spiro atoms. The van der Waals surface area contributed by atoms with Crippen LogP contribution < -0.4 is 4.74 Å². The molecule has 0 amide bonds. The van der Waals surface area contributed by atoms with Crippen LogP contribution in [0.2, 0.25) is 0 Å². The van der Waals surface area contributed by atoms with Gasteiger partial charge in [0.1, 0.15) is 5.75 Å². The first-order valence-corrected chi connectivity index (χ1v) is 7.99. The Labute approximate surface area is 123 Å². The fourth-order valence-electron chi connectivity index (χ4n) is 5.19. The minimum Gasteiger partial charge on any atom is -0.497 e. The number of likely N-dealkylation sites (tertiary alicyclic amines) is 1. The van der Waals surface area contributed by atoms with Crippen LogP contribution in [0.4, 0.5) is 0 Å². The third-order valence-corrected chi connectivity index (χ3v) is 6.16. The van der Waals surface area contributed by atoms with E-state index in [1.54, 1.807) is 12.7 Å². The highest BCUT2D eigenvalue weighted by Gasteiger charge is 2.53. The molecule has 20 heavy (non-hydrogen) atoms. The molecule has 1 aromatic rings. The van der Waals surface area contributed by atoms with Gasteiger partial charge < -0.3 is 9.64 Å². The van der Waals surface area contributed by atoms with Gasteiger partial charge in [-0.1, -0.05) is 18.9 Å². The summed E-state index contributed by atoms with van der Waals surface area (Å²) in [5.41, 5.74) is 3.46. The van der Waals surface area contributed by atoms with Crippen LogP contribution in [0, 0.1) is 5.92 Å². The van der Waals surface area contributed by atoms with E-state index in [-0.39, 0.29) is 0 Å². The molecule has 2 nitrogen and oxygen atoms in total. The van der Waals surface area contributed by atoms with Crippen LogP contribution in [0.25, 0.3) is 0 Å². The highest BCUT2D eigenvalue weighted by atomic mass is 16.5. The highest BCUT2D eigenvalue weighted by Crippen LogP contribution is 2.55. The number of hydrogen-bond donors (Lipinski definition) is 0. The molecular weight excluding hydrogens is 246 g/mol. The molecule has 1 unspecified atom stereocenters. The maximum Gasteiger partial charge on any atom is 0.119 e. The molecule has 2 bridgehead atoms. The van der Waals surface area contributed by atoms with Crippen molar-refractivity contribution in [3.05, 3.63) is 29.3 Å². The minimum atomic E-state index is 0.372. The highest BCUT2D eigenvalue weighted by molar-refractivity contribution is 5.45. The van der Waals surface area contributed by atoms with Gasteiger partial charge in [-0.25, -0.2) is 0 Å². The van der Waals surface area contributed by atoms with Crippen molar-refractivity contribution in [3.8, 4) is 5.75 Å². The Morgan fingerprint density at radius 2 is 2.30 bits per heavy atom. The van der Waals surface area contributed by atoms with Crippen LogP contribution >= 0.6 is 0 Å². The van der Waals surface area contributed by atoms with E-state index < -0.39 is 0 Å². The second-order valence-corrected chi connectivity index (χ2v) is 6.87. The molecule has 3 atom stereocenters. The number of hydrogen-bond acceptors (Lipinski definition) is 2. The van der Waals surface area contributed by atoms with Crippen molar-refractivity contribution < 1.29 is 6.11 Å². The van der Waals surface area contributed by atoms with Crippen molar-refractivity contribution in [2.24, 2.45) is 5.92 Å². The van der Waals surface area contributed by atoms with E-state index in [2.05, 4.69) is 23.1 Å². The van der Waals surface area contributed by atoms with Gasteiger partial charge in [0.25, 0.3) is 0 Å². The van der Waals surface area contributed by atoms with E-state index >= 15 is 0 Å². The average molecular weight is 272 g/mol. The first-order chi connectivity index (χ1) is 10.3. The summed E-state index contributed by atoms with van der Waals surface area (Å²) in [6.45, 7) is 1.10. The van der Waals surface area contributed by atoms with E-state index in [4.69, 9.17) is 6.11 Å². The van der Waals surface area contributed by atoms with Crippen LogP contribution in [0.15, 0.2) is 18.2 Å². The number of piperidine rings is 1. The summed E-state index contributed by atoms with van der Waals surface area (Å²) in [5.74, 6) is 1.76. The molecule has 3 aliphatic rings. The van der Waals surface area contributed by atoms with Crippen molar-refractivity contribution in [1.29, 1.82) is 0 Å². The molecule has 108 valence electrons. The summed E-state index contributed by atoms with van der Waals surface area (Å²) in [5, 5.41) is 0. The molecule has 1 heterocycles. The van der Waals surface area contributed by atoms with Gasteiger partial charge in [-0.15, -0.1) is 0 Å². The molecule has 1 saturated carbocycles. The summed E-state index contributed by atoms with van der Waals surface area (Å²) >= 11 is 0. The molecule has 4 rings (SSSR count). The zero-order valence-corrected chi connectivity index (χ0v) is 12.4. The molecular formula is C18H25NO. The van der Waals surface area contributed by atoms with Gasteiger partial charge in [0.2, 0.25) is 0 Å². The van der Waals surface area contributed by atoms with Crippen molar-refractivity contribution in [2.45, 2.75) is 50.0 Å². The molecule has 0 N–H and O–H groups in total. The molecule has 0 aromatic heterocycles. The fraction of sp³-hybridized carbons (Fsp3) is 0.667. The first-order valence-electron chi connectivity index (χ1n) is 8.70. The van der Waals surface area contributed by atoms with E-state index in [9.17, 15) is 0 Å². The SMILES string of the molecule is [2H]CN1CC[C@@]23CCCCC2[C@@H]1Cc1ccc(OC)cc13. The number of fused-ring (bicyclic) bond motifs is 1. The maximum atomic E-state index is 7.88. The minimum absolute atomic E-state index is 0.372. The monoisotopic (exact) mass is 272 g/mol. The summed E-state index contributed by atoms with van der Waals surface area (Å²) in [7, 11) is 2.23. The molecule has 1 aromatic carbocycles. The van der Waals surface area contributed by atoms with Crippen LogP contribution in [-0.4, -0.2) is 31.6 Å². The largest absolute Gasteiger partial charge is 0.497 e. The van der Waals surface area contributed by atoms with Gasteiger partial charge in [-0.05, 0) is 68.4 Å². The van der Waals surface area contributed by atoms with Gasteiger partial charge in [0, 0.05) is 12.8 Å². The van der Waals surface area contributed by atoms with Crippen molar-refractivity contribution in [3.63, 3.8) is 0 Å². The lowest BCUT2D eigenvalue weighted by Crippen LogP contribution is -2.59. The zero-order valence-electron chi connectivity index (χ0n) is 13.4. The summed E-state index contributed by atoms with van der Waals surface area (Å²) in [6.07, 6.45) is 7.77.